The van der Waals surface area contributed by atoms with E-state index in [-0.39, 0.29) is 24.6 Å². The van der Waals surface area contributed by atoms with Crippen LogP contribution in [-0.4, -0.2) is 48.3 Å². The zero-order valence-corrected chi connectivity index (χ0v) is 59.5. The first-order valence-corrected chi connectivity index (χ1v) is 28.0. The van der Waals surface area contributed by atoms with Gasteiger partial charge in [0, 0.05) is 447 Å². The summed E-state index contributed by atoms with van der Waals surface area (Å²) in [5, 5.41) is 302. The fourth-order valence-corrected chi connectivity index (χ4v) is 4.22. The van der Waals surface area contributed by atoms with Gasteiger partial charge in [-0.05, 0) is 112 Å². The van der Waals surface area contributed by atoms with E-state index in [1.165, 1.54) is 5.01 Å². The van der Waals surface area contributed by atoms with Gasteiger partial charge in [0.1, 0.15) is 11.6 Å². The van der Waals surface area contributed by atoms with Gasteiger partial charge >= 0.3 is 11.9 Å². The highest BCUT2D eigenvalue weighted by Gasteiger charge is 2.32. The molecule has 1 rings (SSSR count). The smallest absolute Gasteiger partial charge is 0.337 e. The average molecular weight is 1710 g/mol. The molecule has 0 unspecified atom stereocenters. The fraction of sp³-hybridized carbons (Fsp3) is 0.765. The number of rotatable bonds is 55. The predicted octanol–water partition coefficient (Wildman–Crippen LogP) is 19.3. The van der Waals surface area contributed by atoms with Crippen molar-refractivity contribution in [3.8, 4) is 0 Å². The molecule has 122 heavy (non-hydrogen) atoms. The predicted molar refractivity (Wildman–Crippen MR) is 330 cm³/mol. The van der Waals surface area contributed by atoms with Crippen molar-refractivity contribution in [2.24, 2.45) is 524 Å². The minimum absolute atomic E-state index is 0.00798. The molecule has 0 radical (unpaired) electrons. The van der Waals surface area contributed by atoms with Crippen LogP contribution in [0, 0.1) is 5.92 Å². The molecule has 0 aliphatic carbocycles. The third kappa shape index (κ3) is 71.4. The second-order valence-corrected chi connectivity index (χ2v) is 16.0. The maximum absolute atomic E-state index is 12.9. The highest BCUT2D eigenvalue weighted by Crippen LogP contribution is 2.22. The number of esters is 2. The van der Waals surface area contributed by atoms with Crippen LogP contribution in [0.1, 0.15) is 48.0 Å². The molecule has 1 atom stereocenters. The minimum Gasteiger partial charge on any atom is -0.463 e. The standard InChI is InChI=1S/C17H31N101O4/c1-7-121-15(119)12-10-118(9-8-13(12)19-14(11(2)3)16(120)122-17(4,5)6)117-116-115-114-113-112-111-110-109-108-107-106-105-104-103-102-101-100-99-98-97-96-95-94-93-92-91-90-89-88-87-86-85-84-83-82-81-80-79-78-77-76-75-74-73-72-71-70-69-68-67-66-65-64-63-62-61-60-59-58-57-56-55-54-53-52-51-50-49-48-47-46-45-44-43-42-41-40-39-38-37-36-35-34-33-32-31-30-29-28-27-26-25-24-23-22-21-20-18/h11,14,19H,7-10H2,1-6H3,(H2,18,21,23,25,27,29,31,33,35,37,39,41,43,45,47,49,51,53,55,57,59,61,63,65,67,69,71,73,75,77,79,81,83,85,87,89,91,93,95,97,99,101,103,105,107,109,111,113,115,117)/t14-/m1/s1. The summed E-state index contributed by atoms with van der Waals surface area (Å²) in [6.45, 7) is 11.1. The number of carbonyl (C=O) groups excluding carboxylic acids is 2. The molecular formula is C17H31N101O4. The van der Waals surface area contributed by atoms with E-state index in [4.69, 9.17) is 9.47 Å². The Labute approximate surface area is 654 Å². The van der Waals surface area contributed by atoms with Crippen molar-refractivity contribution in [2.45, 2.75) is 59.6 Å². The Morgan fingerprint density at radius 2 is 0.459 bits per heavy atom. The van der Waals surface area contributed by atoms with Gasteiger partial charge in [0.15, 0.2) is 0 Å². The van der Waals surface area contributed by atoms with Crippen LogP contribution in [0.2, 0.25) is 0 Å². The second-order valence-electron chi connectivity index (χ2n) is 16.0. The third-order valence-electron chi connectivity index (χ3n) is 7.52. The molecule has 1 heterocycles. The summed E-state index contributed by atoms with van der Waals surface area (Å²) >= 11 is 0. The van der Waals surface area contributed by atoms with Gasteiger partial charge in [-0.3, -0.25) is 5.01 Å². The van der Waals surface area contributed by atoms with E-state index in [9.17, 15) is 9.59 Å². The zero-order chi connectivity index (χ0) is 87.8. The van der Waals surface area contributed by atoms with E-state index in [0.717, 1.165) is 0 Å². The molecule has 0 bridgehead atoms. The quantitative estimate of drug-likeness (QED) is 0.0256. The molecule has 0 fully saturated rings. The molecule has 105 heteroatoms. The van der Waals surface area contributed by atoms with E-state index < -0.39 is 23.6 Å². The first-order valence-electron chi connectivity index (χ1n) is 28.0. The van der Waals surface area contributed by atoms with E-state index in [2.05, 4.69) is 523 Å². The Balaban J connectivity index is 2.17. The summed E-state index contributed by atoms with van der Waals surface area (Å²) in [4.78, 5) is 25.7. The van der Waals surface area contributed by atoms with Gasteiger partial charge in [0.25, 0.3) is 0 Å². The van der Waals surface area contributed by atoms with Crippen molar-refractivity contribution in [3.63, 3.8) is 0 Å². The maximum Gasteiger partial charge on any atom is 0.337 e. The lowest BCUT2D eigenvalue weighted by molar-refractivity contribution is -0.158. The highest BCUT2D eigenvalue weighted by molar-refractivity contribution is 5.90. The SMILES string of the molecule is CCOC(=O)C1=C(N[C@@H](C(=O)OC(C)(C)C)C(C)C)CCN(/N=N/N=N/N=N/N=N/N=N/N=N/N=N/N=N/N=N/N=N/N=N/N=N/N=N/N=N/N=N/N=N/N=N/N=N/N=N/N=N/N=N/N=N/N=N/N=N/N=N/N=N/N=N/N=N/N=N/N=N/N=N/N=N/N=N/N=N/N=N/N=N/N=N/N=N/N=N/N=N/N=N/N=N/N=N/N=N/N=N/N=N/N=N/N=N/N=N/N)C1. The van der Waals surface area contributed by atoms with E-state index in [0.29, 0.717) is 18.7 Å². The average Bonchev–Trinajstić information content (AvgIpc) is 0.823. The lowest BCUT2D eigenvalue weighted by atomic mass is 10.0. The number of nitrogens with zero attached hydrogens (tertiary/aromatic N) is 99. The largest absolute Gasteiger partial charge is 0.463 e. The van der Waals surface area contributed by atoms with Crippen molar-refractivity contribution in [1.29, 1.82) is 0 Å². The molecule has 3 N–H and O–H groups in total. The van der Waals surface area contributed by atoms with E-state index in [1.54, 1.807) is 27.7 Å². The van der Waals surface area contributed by atoms with Gasteiger partial charge in [-0.25, -0.2) is 9.59 Å². The van der Waals surface area contributed by atoms with Crippen molar-refractivity contribution in [2.75, 3.05) is 19.7 Å². The van der Waals surface area contributed by atoms with Crippen molar-refractivity contribution in [1.82, 2.24) is 10.3 Å². The Bertz CT molecular complexity index is 4620. The van der Waals surface area contributed by atoms with Crippen molar-refractivity contribution < 1.29 is 19.1 Å². The number of nitrogens with one attached hydrogen (secondary N) is 1. The molecular weight excluding hydrogens is 1680 g/mol. The molecule has 0 saturated carbocycles. The minimum atomic E-state index is -0.720. The zero-order valence-electron chi connectivity index (χ0n) is 59.5. The van der Waals surface area contributed by atoms with E-state index >= 15 is 0 Å². The van der Waals surface area contributed by atoms with Crippen LogP contribution in [-0.2, 0) is 19.1 Å². The Morgan fingerprint density at radius 1 is 0.295 bits per heavy atom. The fourth-order valence-electron chi connectivity index (χ4n) is 4.22. The maximum atomic E-state index is 12.9. The topological polar surface area (TPSA) is 1310 Å². The molecule has 0 aromatic rings. The Morgan fingerprint density at radius 3 is 0.607 bits per heavy atom. The number of hydrogen-bond acceptors (Lipinski definition) is 7. The van der Waals surface area contributed by atoms with Crippen LogP contribution >= 0.6 is 0 Å². The van der Waals surface area contributed by atoms with Gasteiger partial charge < -0.3 is 20.6 Å². The monoisotopic (exact) mass is 1710 g/mol. The molecule has 0 aromatic heterocycles. The van der Waals surface area contributed by atoms with Gasteiger partial charge in [-0.1, -0.05) is 19.1 Å². The first-order chi connectivity index (χ1) is 60.1. The summed E-state index contributed by atoms with van der Waals surface area (Å²) in [5.74, 6) is 3.43. The molecule has 0 spiro atoms. The van der Waals surface area contributed by atoms with Crippen molar-refractivity contribution >= 4 is 11.9 Å². The Kier molecular flexibility index (Phi) is 63.8. The lowest BCUT2D eigenvalue weighted by Gasteiger charge is -2.32. The number of nitrogens with two attached hydrogens (primary N) is 1. The van der Waals surface area contributed by atoms with Crippen LogP contribution in [0.3, 0.4) is 0 Å². The first kappa shape index (κ1) is 98.5. The molecule has 105 nitrogen and oxygen atoms in total. The molecule has 0 amide bonds. The van der Waals surface area contributed by atoms with Crippen LogP contribution in [0.4, 0.5) is 0 Å². The normalized spacial score (nSPS) is 16.2. The van der Waals surface area contributed by atoms with Crippen LogP contribution in [0.25, 0.3) is 0 Å². The third-order valence-corrected chi connectivity index (χ3v) is 7.52. The number of carbonyl (C=O) groups is 2. The number of ether oxygens (including phenoxy) is 2. The van der Waals surface area contributed by atoms with Crippen molar-refractivity contribution in [3.05, 3.63) is 11.3 Å². The highest BCUT2D eigenvalue weighted by atomic mass is 16.6. The summed E-state index contributed by atoms with van der Waals surface area (Å²) < 4.78 is 10.8. The van der Waals surface area contributed by atoms with Crippen LogP contribution < -0.4 is 11.2 Å². The number of hydrogen-bond donors (Lipinski definition) is 2. The Hall–Kier alpha value is -21.5. The van der Waals surface area contributed by atoms with Gasteiger partial charge in [0.2, 0.25) is 0 Å². The molecule has 1 aliphatic heterocycles. The molecule has 628 valence electrons. The lowest BCUT2D eigenvalue weighted by Crippen LogP contribution is -2.46. The molecule has 1 aliphatic rings. The summed E-state index contributed by atoms with van der Waals surface area (Å²) in [6, 6.07) is -0.720. The van der Waals surface area contributed by atoms with Gasteiger partial charge in [0.05, 0.1) is 18.7 Å². The van der Waals surface area contributed by atoms with E-state index in [1.807, 2.05) is 13.8 Å². The van der Waals surface area contributed by atoms with Crippen LogP contribution in [0.5, 0.6) is 0 Å². The molecule has 0 saturated heterocycles. The summed E-state index contributed by atoms with van der Waals surface area (Å²) in [6.07, 6.45) is 0.297. The molecule has 0 aromatic carbocycles. The van der Waals surface area contributed by atoms with Gasteiger partial charge in [-0.2, -0.15) is 0 Å². The second kappa shape index (κ2) is 79.0. The van der Waals surface area contributed by atoms with Crippen LogP contribution in [0.15, 0.2) is 523 Å². The van der Waals surface area contributed by atoms with Gasteiger partial charge in [-0.15, -0.1) is 0 Å². The summed E-state index contributed by atoms with van der Waals surface area (Å²) in [7, 11) is 0. The summed E-state index contributed by atoms with van der Waals surface area (Å²) in [5.41, 5.74) is 0.0663.